The van der Waals surface area contributed by atoms with E-state index in [1.54, 1.807) is 25.7 Å². The predicted octanol–water partition coefficient (Wildman–Crippen LogP) is 2.17. The van der Waals surface area contributed by atoms with Crippen LogP contribution in [0.15, 0.2) is 4.34 Å². The highest BCUT2D eigenvalue weighted by Gasteiger charge is 2.29. The molecule has 0 saturated heterocycles. The van der Waals surface area contributed by atoms with Crippen molar-refractivity contribution in [1.82, 2.24) is 14.7 Å². The Hall–Kier alpha value is -0.660. The zero-order chi connectivity index (χ0) is 13.6. The Morgan fingerprint density at radius 3 is 2.78 bits per heavy atom. The maximum absolute atomic E-state index is 11.1. The van der Waals surface area contributed by atoms with Crippen LogP contribution in [0.3, 0.4) is 0 Å². The Balaban J connectivity index is 2.20. The molecule has 0 saturated carbocycles. The summed E-state index contributed by atoms with van der Waals surface area (Å²) >= 11 is 3.10. The first-order valence-corrected chi connectivity index (χ1v) is 7.59. The van der Waals surface area contributed by atoms with Gasteiger partial charge in [-0.3, -0.25) is 4.79 Å². The van der Waals surface area contributed by atoms with E-state index in [9.17, 15) is 4.79 Å². The van der Waals surface area contributed by atoms with Gasteiger partial charge in [0.1, 0.15) is 11.4 Å². The van der Waals surface area contributed by atoms with Crippen molar-refractivity contribution in [3.05, 3.63) is 5.82 Å². The lowest BCUT2D eigenvalue weighted by molar-refractivity contribution is -0.144. The number of unbranched alkanes of at least 4 members (excludes halogenated alkanes) is 1. The maximum atomic E-state index is 11.1. The molecule has 0 bridgehead atoms. The molecule has 1 rings (SSSR count). The van der Waals surface area contributed by atoms with Crippen molar-refractivity contribution in [2.24, 2.45) is 0 Å². The van der Waals surface area contributed by atoms with E-state index in [0.29, 0.717) is 6.42 Å². The monoisotopic (exact) mass is 289 g/mol. The van der Waals surface area contributed by atoms with Gasteiger partial charge in [-0.15, -0.1) is 0 Å². The summed E-state index contributed by atoms with van der Waals surface area (Å²) in [5.74, 6) is 0.974. The second kappa shape index (κ2) is 7.06. The van der Waals surface area contributed by atoms with E-state index >= 15 is 0 Å². The van der Waals surface area contributed by atoms with Gasteiger partial charge in [-0.05, 0) is 45.3 Å². The number of rotatable bonds is 8. The average Bonchev–Trinajstić information content (AvgIpc) is 2.74. The van der Waals surface area contributed by atoms with Gasteiger partial charge >= 0.3 is 5.97 Å². The summed E-state index contributed by atoms with van der Waals surface area (Å²) in [6.07, 6.45) is 2.50. The SMILES string of the molecule is CNC(C)(CCCCSc1nc(C)ns1)C(=O)O. The summed E-state index contributed by atoms with van der Waals surface area (Å²) in [5, 5.41) is 11.9. The van der Waals surface area contributed by atoms with Crippen LogP contribution < -0.4 is 5.32 Å². The Kier molecular flexibility index (Phi) is 6.04. The number of nitrogens with zero attached hydrogens (tertiary/aromatic N) is 2. The molecule has 2 N–H and O–H groups in total. The summed E-state index contributed by atoms with van der Waals surface area (Å²) in [6, 6.07) is 0. The quantitative estimate of drug-likeness (QED) is 0.564. The second-order valence-electron chi connectivity index (χ2n) is 4.30. The number of thioether (sulfide) groups is 1. The molecule has 0 aliphatic carbocycles. The minimum atomic E-state index is -0.815. The van der Waals surface area contributed by atoms with E-state index in [4.69, 9.17) is 5.11 Å². The number of likely N-dealkylation sites (N-methyl/N-ethyl adjacent to an activating group) is 1. The van der Waals surface area contributed by atoms with Gasteiger partial charge in [-0.25, -0.2) is 4.98 Å². The van der Waals surface area contributed by atoms with E-state index in [-0.39, 0.29) is 0 Å². The zero-order valence-electron chi connectivity index (χ0n) is 10.9. The molecule has 0 amide bonds. The standard InChI is InChI=1S/C11H19N3O2S2/c1-8-13-10(18-14-8)17-7-5-4-6-11(2,12-3)9(15)16/h12H,4-7H2,1-3H3,(H,15,16). The number of carboxylic acids is 1. The lowest BCUT2D eigenvalue weighted by atomic mass is 9.95. The lowest BCUT2D eigenvalue weighted by Gasteiger charge is -2.23. The highest BCUT2D eigenvalue weighted by Crippen LogP contribution is 2.22. The Morgan fingerprint density at radius 1 is 1.56 bits per heavy atom. The van der Waals surface area contributed by atoms with E-state index in [1.807, 2.05) is 6.92 Å². The van der Waals surface area contributed by atoms with Crippen LogP contribution >= 0.6 is 23.3 Å². The number of carbonyl (C=O) groups is 1. The van der Waals surface area contributed by atoms with Gasteiger partial charge in [0.25, 0.3) is 0 Å². The van der Waals surface area contributed by atoms with Gasteiger partial charge < -0.3 is 10.4 Å². The number of carboxylic acid groups (broad SMARTS) is 1. The van der Waals surface area contributed by atoms with Gasteiger partial charge in [0, 0.05) is 5.75 Å². The molecule has 0 radical (unpaired) electrons. The summed E-state index contributed by atoms with van der Waals surface area (Å²) in [4.78, 5) is 15.3. The number of aromatic nitrogens is 2. The molecule has 0 aliphatic rings. The van der Waals surface area contributed by atoms with Gasteiger partial charge in [0.2, 0.25) is 0 Å². The number of nitrogens with one attached hydrogen (secondary N) is 1. The van der Waals surface area contributed by atoms with Crippen molar-refractivity contribution in [3.63, 3.8) is 0 Å². The van der Waals surface area contributed by atoms with Crippen molar-refractivity contribution in [1.29, 1.82) is 0 Å². The van der Waals surface area contributed by atoms with Crippen LogP contribution in [0.1, 0.15) is 32.0 Å². The summed E-state index contributed by atoms with van der Waals surface area (Å²) in [7, 11) is 1.69. The van der Waals surface area contributed by atoms with Crippen LogP contribution in [0.2, 0.25) is 0 Å². The lowest BCUT2D eigenvalue weighted by Crippen LogP contribution is -2.47. The van der Waals surface area contributed by atoms with Gasteiger partial charge in [-0.2, -0.15) is 4.37 Å². The number of hydrogen-bond acceptors (Lipinski definition) is 6. The van der Waals surface area contributed by atoms with Crippen molar-refractivity contribution in [2.45, 2.75) is 43.0 Å². The van der Waals surface area contributed by atoms with Crippen molar-refractivity contribution >= 4 is 29.3 Å². The molecule has 18 heavy (non-hydrogen) atoms. The molecule has 1 aromatic rings. The molecule has 1 atom stereocenters. The van der Waals surface area contributed by atoms with Crippen molar-refractivity contribution in [2.75, 3.05) is 12.8 Å². The molecular weight excluding hydrogens is 270 g/mol. The molecule has 1 aromatic heterocycles. The van der Waals surface area contributed by atoms with Gasteiger partial charge in [0.05, 0.1) is 0 Å². The van der Waals surface area contributed by atoms with Crippen LogP contribution in [0.4, 0.5) is 0 Å². The molecule has 0 aromatic carbocycles. The summed E-state index contributed by atoms with van der Waals surface area (Å²) in [6.45, 7) is 3.60. The van der Waals surface area contributed by atoms with Crippen LogP contribution in [-0.2, 0) is 4.79 Å². The van der Waals surface area contributed by atoms with E-state index in [2.05, 4.69) is 14.7 Å². The number of aliphatic carboxylic acids is 1. The fraction of sp³-hybridized carbons (Fsp3) is 0.727. The van der Waals surface area contributed by atoms with Gasteiger partial charge in [-0.1, -0.05) is 18.2 Å². The first-order chi connectivity index (χ1) is 8.48. The Bertz CT molecular complexity index is 397. The number of aryl methyl sites for hydroxylation is 1. The molecule has 102 valence electrons. The first kappa shape index (κ1) is 15.4. The van der Waals surface area contributed by atoms with E-state index in [1.165, 1.54) is 11.5 Å². The van der Waals surface area contributed by atoms with E-state index < -0.39 is 11.5 Å². The normalized spacial score (nSPS) is 14.4. The minimum Gasteiger partial charge on any atom is -0.480 e. The molecule has 1 heterocycles. The van der Waals surface area contributed by atoms with Crippen LogP contribution in [-0.4, -0.2) is 38.8 Å². The van der Waals surface area contributed by atoms with Crippen LogP contribution in [0, 0.1) is 6.92 Å². The minimum absolute atomic E-state index is 0.633. The first-order valence-electron chi connectivity index (χ1n) is 5.83. The Labute approximate surface area is 116 Å². The predicted molar refractivity (Wildman–Crippen MR) is 74.3 cm³/mol. The average molecular weight is 289 g/mol. The third kappa shape index (κ3) is 4.55. The van der Waals surface area contributed by atoms with E-state index in [0.717, 1.165) is 28.8 Å². The molecule has 5 nitrogen and oxygen atoms in total. The number of hydrogen-bond donors (Lipinski definition) is 2. The smallest absolute Gasteiger partial charge is 0.323 e. The van der Waals surface area contributed by atoms with Crippen LogP contribution in [0.5, 0.6) is 0 Å². The van der Waals surface area contributed by atoms with Crippen molar-refractivity contribution in [3.8, 4) is 0 Å². The maximum Gasteiger partial charge on any atom is 0.323 e. The molecule has 7 heteroatoms. The highest BCUT2D eigenvalue weighted by molar-refractivity contribution is 8.00. The fourth-order valence-corrected chi connectivity index (χ4v) is 3.13. The zero-order valence-corrected chi connectivity index (χ0v) is 12.5. The Morgan fingerprint density at radius 2 is 2.28 bits per heavy atom. The second-order valence-corrected chi connectivity index (χ2v) is 6.39. The summed E-state index contributed by atoms with van der Waals surface area (Å²) < 4.78 is 5.10. The molecule has 0 aliphatic heterocycles. The fourth-order valence-electron chi connectivity index (χ4n) is 1.42. The highest BCUT2D eigenvalue weighted by atomic mass is 32.2. The largest absolute Gasteiger partial charge is 0.480 e. The topological polar surface area (TPSA) is 75.1 Å². The summed E-state index contributed by atoms with van der Waals surface area (Å²) in [5.41, 5.74) is -0.815. The molecule has 0 spiro atoms. The molecule has 0 fully saturated rings. The third-order valence-electron chi connectivity index (χ3n) is 2.83. The van der Waals surface area contributed by atoms with Crippen LogP contribution in [0.25, 0.3) is 0 Å². The van der Waals surface area contributed by atoms with Crippen molar-refractivity contribution < 1.29 is 9.90 Å². The third-order valence-corrected chi connectivity index (χ3v) is 4.84. The van der Waals surface area contributed by atoms with Gasteiger partial charge in [0.15, 0.2) is 4.34 Å². The molecule has 1 unspecified atom stereocenters. The molecular formula is C11H19N3O2S2.